The molecule has 1 aromatic carbocycles. The Kier molecular flexibility index (Phi) is 5.58. The quantitative estimate of drug-likeness (QED) is 0.515. The fourth-order valence-corrected chi connectivity index (χ4v) is 3.06. The Morgan fingerprint density at radius 3 is 2.77 bits per heavy atom. The smallest absolute Gasteiger partial charge is 0.274 e. The number of nitrogens with one attached hydrogen (secondary N) is 1. The average Bonchev–Trinajstić information content (AvgIpc) is 3.29. The van der Waals surface area contributed by atoms with Gasteiger partial charge in [-0.15, -0.1) is 10.2 Å². The number of hydrogen-bond acceptors (Lipinski definition) is 6. The summed E-state index contributed by atoms with van der Waals surface area (Å²) in [5.41, 5.74) is 3.47. The van der Waals surface area contributed by atoms with Crippen LogP contribution in [0.1, 0.15) is 23.5 Å². The highest BCUT2D eigenvalue weighted by molar-refractivity contribution is 6.03. The Bertz CT molecular complexity index is 1160. The molecule has 0 unspecified atom stereocenters. The van der Waals surface area contributed by atoms with Crippen LogP contribution in [-0.4, -0.2) is 42.4 Å². The zero-order valence-electron chi connectivity index (χ0n) is 16.3. The number of benzene rings is 1. The van der Waals surface area contributed by atoms with Gasteiger partial charge in [0.2, 0.25) is 0 Å². The molecule has 0 aliphatic rings. The van der Waals surface area contributed by atoms with Crippen molar-refractivity contribution in [3.63, 3.8) is 0 Å². The van der Waals surface area contributed by atoms with Gasteiger partial charge in [0, 0.05) is 35.4 Å². The Labute approximate surface area is 173 Å². The number of anilines is 1. The minimum absolute atomic E-state index is 0.0274. The van der Waals surface area contributed by atoms with Gasteiger partial charge < -0.3 is 15.0 Å². The van der Waals surface area contributed by atoms with E-state index in [2.05, 4.69) is 25.5 Å². The van der Waals surface area contributed by atoms with E-state index >= 15 is 0 Å². The number of nitrogens with zero attached hydrogens (tertiary/aromatic N) is 5. The zero-order valence-corrected chi connectivity index (χ0v) is 16.3. The lowest BCUT2D eigenvalue weighted by atomic mass is 10.1. The van der Waals surface area contributed by atoms with Gasteiger partial charge >= 0.3 is 0 Å². The second-order valence-electron chi connectivity index (χ2n) is 6.80. The summed E-state index contributed by atoms with van der Waals surface area (Å²) in [5, 5.41) is 20.4. The highest BCUT2D eigenvalue weighted by Gasteiger charge is 2.14. The molecule has 0 aliphatic heterocycles. The van der Waals surface area contributed by atoms with Gasteiger partial charge in [0.05, 0.1) is 12.6 Å². The van der Waals surface area contributed by atoms with E-state index in [4.69, 9.17) is 0 Å². The van der Waals surface area contributed by atoms with Crippen LogP contribution in [0.2, 0.25) is 0 Å². The zero-order chi connectivity index (χ0) is 20.9. The monoisotopic (exact) mass is 400 g/mol. The molecule has 3 aromatic heterocycles. The SMILES string of the molecule is C[C@H](CO)n1cnnc1-c1cccc(NC(=O)c2cc(-c3cccnc3)ccn2)c1. The van der Waals surface area contributed by atoms with Crippen LogP contribution in [0.15, 0.2) is 73.4 Å². The molecular formula is C22H20N6O2. The van der Waals surface area contributed by atoms with Crippen molar-refractivity contribution in [1.82, 2.24) is 24.7 Å². The normalized spacial score (nSPS) is 11.8. The summed E-state index contributed by atoms with van der Waals surface area (Å²) >= 11 is 0. The summed E-state index contributed by atoms with van der Waals surface area (Å²) in [7, 11) is 0. The minimum Gasteiger partial charge on any atom is -0.394 e. The Hall–Kier alpha value is -3.91. The lowest BCUT2D eigenvalue weighted by Crippen LogP contribution is -2.14. The van der Waals surface area contributed by atoms with Crippen molar-refractivity contribution >= 4 is 11.6 Å². The average molecular weight is 400 g/mol. The van der Waals surface area contributed by atoms with E-state index in [1.807, 2.05) is 43.3 Å². The molecule has 0 spiro atoms. The number of rotatable bonds is 6. The highest BCUT2D eigenvalue weighted by Crippen LogP contribution is 2.24. The number of aromatic nitrogens is 5. The standard InChI is InChI=1S/C22H20N6O2/c1-15(13-29)28-14-25-27-21(28)17-4-2-6-19(10-17)26-22(30)20-11-16(7-9-24-20)18-5-3-8-23-12-18/h2-12,14-15,29H,13H2,1H3,(H,26,30)/t15-/m1/s1. The van der Waals surface area contributed by atoms with Crippen LogP contribution in [0.4, 0.5) is 5.69 Å². The molecule has 4 aromatic rings. The van der Waals surface area contributed by atoms with Gasteiger partial charge in [-0.05, 0) is 42.8 Å². The molecule has 0 aliphatic carbocycles. The van der Waals surface area contributed by atoms with Crippen molar-refractivity contribution in [1.29, 1.82) is 0 Å². The lowest BCUT2D eigenvalue weighted by Gasteiger charge is -2.13. The van der Waals surface area contributed by atoms with Gasteiger partial charge in [-0.2, -0.15) is 0 Å². The van der Waals surface area contributed by atoms with Gasteiger partial charge in [-0.1, -0.05) is 18.2 Å². The van der Waals surface area contributed by atoms with Crippen molar-refractivity contribution in [2.45, 2.75) is 13.0 Å². The number of aliphatic hydroxyl groups excluding tert-OH is 1. The predicted octanol–water partition coefficient (Wildman–Crippen LogP) is 3.21. The lowest BCUT2D eigenvalue weighted by molar-refractivity contribution is 0.102. The molecule has 0 saturated carbocycles. The maximum Gasteiger partial charge on any atom is 0.274 e. The molecular weight excluding hydrogens is 380 g/mol. The number of hydrogen-bond donors (Lipinski definition) is 2. The molecule has 30 heavy (non-hydrogen) atoms. The first kappa shape index (κ1) is 19.4. The summed E-state index contributed by atoms with van der Waals surface area (Å²) < 4.78 is 1.79. The van der Waals surface area contributed by atoms with Crippen LogP contribution in [0.3, 0.4) is 0 Å². The molecule has 1 atom stereocenters. The molecule has 4 rings (SSSR count). The topological polar surface area (TPSA) is 106 Å². The molecule has 8 heteroatoms. The maximum absolute atomic E-state index is 12.8. The van der Waals surface area contributed by atoms with Crippen LogP contribution in [0.25, 0.3) is 22.5 Å². The molecule has 0 radical (unpaired) electrons. The second-order valence-corrected chi connectivity index (χ2v) is 6.80. The molecule has 3 heterocycles. The minimum atomic E-state index is -0.317. The number of pyridine rings is 2. The number of aliphatic hydroxyl groups is 1. The van der Waals surface area contributed by atoms with Gasteiger partial charge in [-0.3, -0.25) is 14.8 Å². The van der Waals surface area contributed by atoms with E-state index in [1.54, 1.807) is 41.6 Å². The van der Waals surface area contributed by atoms with Crippen molar-refractivity contribution in [2.75, 3.05) is 11.9 Å². The Morgan fingerprint density at radius 1 is 1.10 bits per heavy atom. The predicted molar refractivity (Wildman–Crippen MR) is 113 cm³/mol. The molecule has 0 fully saturated rings. The van der Waals surface area contributed by atoms with Crippen LogP contribution in [0, 0.1) is 0 Å². The summed E-state index contributed by atoms with van der Waals surface area (Å²) in [6.07, 6.45) is 6.62. The van der Waals surface area contributed by atoms with Crippen LogP contribution in [0.5, 0.6) is 0 Å². The third-order valence-electron chi connectivity index (χ3n) is 4.68. The first-order chi connectivity index (χ1) is 14.7. The molecule has 1 amide bonds. The number of carbonyl (C=O) groups excluding carboxylic acids is 1. The summed E-state index contributed by atoms with van der Waals surface area (Å²) in [6, 6.07) is 14.5. The summed E-state index contributed by atoms with van der Waals surface area (Å²) in [4.78, 5) is 21.1. The van der Waals surface area contributed by atoms with Crippen molar-refractivity contribution in [2.24, 2.45) is 0 Å². The first-order valence-electron chi connectivity index (χ1n) is 9.44. The van der Waals surface area contributed by atoms with Gasteiger partial charge in [0.25, 0.3) is 5.91 Å². The van der Waals surface area contributed by atoms with Crippen LogP contribution < -0.4 is 5.32 Å². The largest absolute Gasteiger partial charge is 0.394 e. The second kappa shape index (κ2) is 8.62. The van der Waals surface area contributed by atoms with Crippen molar-refractivity contribution < 1.29 is 9.90 Å². The molecule has 2 N–H and O–H groups in total. The fourth-order valence-electron chi connectivity index (χ4n) is 3.06. The molecule has 8 nitrogen and oxygen atoms in total. The van der Waals surface area contributed by atoms with E-state index < -0.39 is 0 Å². The van der Waals surface area contributed by atoms with Crippen molar-refractivity contribution in [3.8, 4) is 22.5 Å². The van der Waals surface area contributed by atoms with E-state index in [0.717, 1.165) is 16.7 Å². The van der Waals surface area contributed by atoms with E-state index in [-0.39, 0.29) is 18.6 Å². The molecule has 0 saturated heterocycles. The van der Waals surface area contributed by atoms with E-state index in [1.165, 1.54) is 0 Å². The third kappa shape index (κ3) is 4.08. The van der Waals surface area contributed by atoms with Gasteiger partial charge in [-0.25, -0.2) is 0 Å². The van der Waals surface area contributed by atoms with Crippen LogP contribution in [-0.2, 0) is 0 Å². The fraction of sp³-hybridized carbons (Fsp3) is 0.136. The first-order valence-corrected chi connectivity index (χ1v) is 9.44. The summed E-state index contributed by atoms with van der Waals surface area (Å²) in [5.74, 6) is 0.299. The van der Waals surface area contributed by atoms with Gasteiger partial charge in [0.15, 0.2) is 5.82 Å². The summed E-state index contributed by atoms with van der Waals surface area (Å²) in [6.45, 7) is 1.85. The van der Waals surface area contributed by atoms with Gasteiger partial charge in [0.1, 0.15) is 12.0 Å². The highest BCUT2D eigenvalue weighted by atomic mass is 16.3. The Balaban J connectivity index is 1.57. The van der Waals surface area contributed by atoms with E-state index in [0.29, 0.717) is 17.2 Å². The molecule has 150 valence electrons. The van der Waals surface area contributed by atoms with Crippen LogP contribution >= 0.6 is 0 Å². The van der Waals surface area contributed by atoms with Crippen molar-refractivity contribution in [3.05, 3.63) is 79.1 Å². The number of carbonyl (C=O) groups is 1. The van der Waals surface area contributed by atoms with E-state index in [9.17, 15) is 9.90 Å². The molecule has 0 bridgehead atoms. The number of amides is 1. The Morgan fingerprint density at radius 2 is 1.97 bits per heavy atom. The third-order valence-corrected chi connectivity index (χ3v) is 4.68. The maximum atomic E-state index is 12.8.